The van der Waals surface area contributed by atoms with Gasteiger partial charge in [-0.1, -0.05) is 22.9 Å². The van der Waals surface area contributed by atoms with Crippen molar-refractivity contribution in [3.63, 3.8) is 0 Å². The van der Waals surface area contributed by atoms with Gasteiger partial charge in [0.1, 0.15) is 11.4 Å². The summed E-state index contributed by atoms with van der Waals surface area (Å²) in [4.78, 5) is 30.0. The summed E-state index contributed by atoms with van der Waals surface area (Å²) < 4.78 is 15.8. The standard InChI is InChI=1S/C20H15ClFN3O2S/c1-10(2)25-9-14(18(26)13-7-11(21)3-6-16(13)25)19(27)24-20-23-15-5-4-12(22)8-17(15)28-20/h3-10H,1-2H3,(H,23,24,27). The first kappa shape index (κ1) is 18.6. The Kier molecular flexibility index (Phi) is 4.64. The minimum Gasteiger partial charge on any atom is -0.344 e. The molecule has 1 N–H and O–H groups in total. The van der Waals surface area contributed by atoms with Crippen molar-refractivity contribution >= 4 is 55.1 Å². The lowest BCUT2D eigenvalue weighted by Crippen LogP contribution is -2.24. The number of halogens is 2. The Balaban J connectivity index is 1.79. The van der Waals surface area contributed by atoms with Gasteiger partial charge in [-0.25, -0.2) is 9.37 Å². The summed E-state index contributed by atoms with van der Waals surface area (Å²) in [6.07, 6.45) is 1.55. The molecule has 2 heterocycles. The van der Waals surface area contributed by atoms with Crippen LogP contribution in [0.15, 0.2) is 47.4 Å². The molecule has 0 aliphatic carbocycles. The average Bonchev–Trinajstić information content (AvgIpc) is 3.03. The number of fused-ring (bicyclic) bond motifs is 2. The van der Waals surface area contributed by atoms with E-state index in [0.717, 1.165) is 11.3 Å². The Hall–Kier alpha value is -2.77. The van der Waals surface area contributed by atoms with Crippen molar-refractivity contribution in [3.05, 3.63) is 69.2 Å². The molecule has 4 rings (SSSR count). The first-order chi connectivity index (χ1) is 13.3. The second-order valence-electron chi connectivity index (χ2n) is 6.62. The topological polar surface area (TPSA) is 64.0 Å². The lowest BCUT2D eigenvalue weighted by atomic mass is 10.1. The van der Waals surface area contributed by atoms with Crippen LogP contribution in [-0.2, 0) is 0 Å². The van der Waals surface area contributed by atoms with Crippen LogP contribution in [0.25, 0.3) is 21.1 Å². The molecule has 0 fully saturated rings. The number of pyridine rings is 1. The summed E-state index contributed by atoms with van der Waals surface area (Å²) in [6.45, 7) is 3.92. The van der Waals surface area contributed by atoms with E-state index in [4.69, 9.17) is 11.6 Å². The van der Waals surface area contributed by atoms with Crippen LogP contribution in [0.2, 0.25) is 5.02 Å². The molecule has 4 aromatic rings. The summed E-state index contributed by atoms with van der Waals surface area (Å²) in [7, 11) is 0. The van der Waals surface area contributed by atoms with Gasteiger partial charge in [0.05, 0.1) is 15.7 Å². The zero-order valence-electron chi connectivity index (χ0n) is 15.0. The third-order valence-electron chi connectivity index (χ3n) is 4.37. The van der Waals surface area contributed by atoms with Gasteiger partial charge in [0.2, 0.25) is 5.43 Å². The van der Waals surface area contributed by atoms with Crippen molar-refractivity contribution in [2.45, 2.75) is 19.9 Å². The van der Waals surface area contributed by atoms with Crippen molar-refractivity contribution in [1.82, 2.24) is 9.55 Å². The third-order valence-corrected chi connectivity index (χ3v) is 5.53. The number of rotatable bonds is 3. The number of amides is 1. The molecule has 0 bridgehead atoms. The van der Waals surface area contributed by atoms with Gasteiger partial charge in [0.15, 0.2) is 5.13 Å². The highest BCUT2D eigenvalue weighted by molar-refractivity contribution is 7.22. The normalized spacial score (nSPS) is 11.5. The van der Waals surface area contributed by atoms with Gasteiger partial charge in [0.25, 0.3) is 5.91 Å². The SMILES string of the molecule is CC(C)n1cc(C(=O)Nc2nc3ccc(F)cc3s2)c(=O)c2cc(Cl)ccc21. The molecule has 2 aromatic carbocycles. The van der Waals surface area contributed by atoms with Gasteiger partial charge < -0.3 is 4.57 Å². The highest BCUT2D eigenvalue weighted by Gasteiger charge is 2.18. The predicted octanol–water partition coefficient (Wildman–Crippen LogP) is 5.24. The Morgan fingerprint density at radius 3 is 2.79 bits per heavy atom. The molecule has 5 nitrogen and oxygen atoms in total. The van der Waals surface area contributed by atoms with E-state index in [1.165, 1.54) is 12.1 Å². The lowest BCUT2D eigenvalue weighted by molar-refractivity contribution is 0.102. The molecule has 0 radical (unpaired) electrons. The van der Waals surface area contributed by atoms with E-state index in [2.05, 4.69) is 10.3 Å². The number of hydrogen-bond donors (Lipinski definition) is 1. The van der Waals surface area contributed by atoms with E-state index >= 15 is 0 Å². The average molecular weight is 416 g/mol. The smallest absolute Gasteiger partial charge is 0.262 e. The molecule has 28 heavy (non-hydrogen) atoms. The molecule has 0 atom stereocenters. The Labute approximate surface area is 168 Å². The van der Waals surface area contributed by atoms with Crippen LogP contribution in [0.3, 0.4) is 0 Å². The van der Waals surface area contributed by atoms with Crippen molar-refractivity contribution in [2.24, 2.45) is 0 Å². The van der Waals surface area contributed by atoms with Crippen LogP contribution in [0.1, 0.15) is 30.2 Å². The Morgan fingerprint density at radius 1 is 1.25 bits per heavy atom. The molecule has 0 aliphatic rings. The van der Waals surface area contributed by atoms with Crippen molar-refractivity contribution in [3.8, 4) is 0 Å². The van der Waals surface area contributed by atoms with Gasteiger partial charge in [-0.3, -0.25) is 14.9 Å². The van der Waals surface area contributed by atoms with Crippen LogP contribution in [0.4, 0.5) is 9.52 Å². The molecule has 0 spiro atoms. The highest BCUT2D eigenvalue weighted by atomic mass is 35.5. The number of aromatic nitrogens is 2. The summed E-state index contributed by atoms with van der Waals surface area (Å²) in [5.74, 6) is -0.943. The first-order valence-corrected chi connectivity index (χ1v) is 9.75. The minimum atomic E-state index is -0.569. The van der Waals surface area contributed by atoms with Crippen LogP contribution in [0, 0.1) is 5.82 Å². The molecule has 142 valence electrons. The number of carbonyl (C=O) groups excluding carboxylic acids is 1. The van der Waals surface area contributed by atoms with Crippen LogP contribution in [-0.4, -0.2) is 15.5 Å². The van der Waals surface area contributed by atoms with E-state index in [1.807, 2.05) is 18.4 Å². The van der Waals surface area contributed by atoms with Crippen molar-refractivity contribution in [1.29, 1.82) is 0 Å². The second kappa shape index (κ2) is 7.00. The van der Waals surface area contributed by atoms with Gasteiger partial charge in [0, 0.05) is 22.6 Å². The minimum absolute atomic E-state index is 0.00565. The highest BCUT2D eigenvalue weighted by Crippen LogP contribution is 2.27. The van der Waals surface area contributed by atoms with E-state index < -0.39 is 11.3 Å². The number of nitrogens with zero attached hydrogens (tertiary/aromatic N) is 2. The fourth-order valence-corrected chi connectivity index (χ4v) is 4.09. The van der Waals surface area contributed by atoms with E-state index in [9.17, 15) is 14.0 Å². The van der Waals surface area contributed by atoms with Gasteiger partial charge in [-0.15, -0.1) is 0 Å². The predicted molar refractivity (Wildman–Crippen MR) is 111 cm³/mol. The molecule has 1 amide bonds. The monoisotopic (exact) mass is 415 g/mol. The maximum absolute atomic E-state index is 13.4. The van der Waals surface area contributed by atoms with E-state index in [-0.39, 0.29) is 17.4 Å². The fourth-order valence-electron chi connectivity index (χ4n) is 3.03. The molecule has 0 saturated carbocycles. The zero-order valence-corrected chi connectivity index (χ0v) is 16.6. The van der Waals surface area contributed by atoms with Crippen LogP contribution < -0.4 is 10.7 Å². The molecule has 2 aromatic heterocycles. The summed E-state index contributed by atoms with van der Waals surface area (Å²) in [6, 6.07) is 9.27. The number of carbonyl (C=O) groups is 1. The van der Waals surface area contributed by atoms with Crippen molar-refractivity contribution < 1.29 is 9.18 Å². The molecule has 0 unspecified atom stereocenters. The number of hydrogen-bond acceptors (Lipinski definition) is 4. The van der Waals surface area contributed by atoms with Gasteiger partial charge in [-0.2, -0.15) is 0 Å². The number of thiazole rings is 1. The molecular weight excluding hydrogens is 401 g/mol. The lowest BCUT2D eigenvalue weighted by Gasteiger charge is -2.16. The maximum atomic E-state index is 13.4. The van der Waals surface area contributed by atoms with Crippen LogP contribution >= 0.6 is 22.9 Å². The number of nitrogens with one attached hydrogen (secondary N) is 1. The summed E-state index contributed by atoms with van der Waals surface area (Å²) >= 11 is 7.20. The first-order valence-electron chi connectivity index (χ1n) is 8.55. The molecule has 8 heteroatoms. The fraction of sp³-hybridized carbons (Fsp3) is 0.150. The Morgan fingerprint density at radius 2 is 2.04 bits per heavy atom. The van der Waals surface area contributed by atoms with Crippen LogP contribution in [0.5, 0.6) is 0 Å². The number of anilines is 1. The zero-order chi connectivity index (χ0) is 20.0. The molecule has 0 aliphatic heterocycles. The van der Waals surface area contributed by atoms with E-state index in [0.29, 0.717) is 31.3 Å². The number of benzene rings is 2. The quantitative estimate of drug-likeness (QED) is 0.497. The summed E-state index contributed by atoms with van der Waals surface area (Å²) in [5.41, 5.74) is 0.871. The largest absolute Gasteiger partial charge is 0.344 e. The Bertz CT molecular complexity index is 1300. The maximum Gasteiger partial charge on any atom is 0.262 e. The molecule has 0 saturated heterocycles. The summed E-state index contributed by atoms with van der Waals surface area (Å²) in [5, 5.41) is 3.75. The third kappa shape index (κ3) is 3.27. The van der Waals surface area contributed by atoms with Crippen molar-refractivity contribution in [2.75, 3.05) is 5.32 Å². The van der Waals surface area contributed by atoms with E-state index in [1.54, 1.807) is 30.5 Å². The second-order valence-corrected chi connectivity index (χ2v) is 8.09. The molecular formula is C20H15ClFN3O2S. The van der Waals surface area contributed by atoms with Gasteiger partial charge in [-0.05, 0) is 50.2 Å². The van der Waals surface area contributed by atoms with Gasteiger partial charge >= 0.3 is 0 Å².